The number of fused-ring (bicyclic) bond motifs is 3. The van der Waals surface area contributed by atoms with Crippen molar-refractivity contribution in [2.24, 2.45) is 0 Å². The van der Waals surface area contributed by atoms with Crippen LogP contribution >= 0.6 is 0 Å². The van der Waals surface area contributed by atoms with Crippen LogP contribution in [-0.4, -0.2) is 35.7 Å². The molecule has 1 amide bonds. The minimum atomic E-state index is -0.706. The van der Waals surface area contributed by atoms with Crippen LogP contribution in [0.1, 0.15) is 25.3 Å². The van der Waals surface area contributed by atoms with Gasteiger partial charge in [-0.2, -0.15) is 0 Å². The quantitative estimate of drug-likeness (QED) is 0.392. The monoisotopic (exact) mass is 464 g/mol. The van der Waals surface area contributed by atoms with E-state index in [4.69, 9.17) is 14.9 Å². The zero-order valence-corrected chi connectivity index (χ0v) is 19.3. The molecule has 0 aliphatic rings. The van der Waals surface area contributed by atoms with Crippen LogP contribution in [0.2, 0.25) is 0 Å². The number of hydrogen-bond acceptors (Lipinski definition) is 6. The first-order valence-electron chi connectivity index (χ1n) is 11.3. The number of rotatable bonds is 9. The number of carbonyl (C=O) groups excluding carboxylic acids is 1. The van der Waals surface area contributed by atoms with Gasteiger partial charge in [-0.05, 0) is 23.3 Å². The maximum absolute atomic E-state index is 13.5. The van der Waals surface area contributed by atoms with E-state index < -0.39 is 11.2 Å². The van der Waals surface area contributed by atoms with E-state index >= 15 is 0 Å². The van der Waals surface area contributed by atoms with Gasteiger partial charge in [-0.1, -0.05) is 43.7 Å². The summed E-state index contributed by atoms with van der Waals surface area (Å²) in [5, 5.41) is 2.86. The highest BCUT2D eigenvalue weighted by Gasteiger charge is 2.25. The van der Waals surface area contributed by atoms with Crippen LogP contribution in [0, 0.1) is 0 Å². The number of hydrogen-bond donors (Lipinski definition) is 2. The minimum Gasteiger partial charge on any atom is -0.464 e. The fourth-order valence-corrected chi connectivity index (χ4v) is 4.18. The molecule has 0 atom stereocenters. The molecule has 0 saturated heterocycles. The van der Waals surface area contributed by atoms with E-state index in [0.717, 1.165) is 22.6 Å². The van der Waals surface area contributed by atoms with E-state index in [1.165, 1.54) is 16.6 Å². The maximum Gasteiger partial charge on any atom is 0.330 e. The van der Waals surface area contributed by atoms with E-state index in [-0.39, 0.29) is 37.0 Å². The first kappa shape index (κ1) is 23.3. The van der Waals surface area contributed by atoms with Crippen molar-refractivity contribution in [1.82, 2.24) is 9.55 Å². The van der Waals surface area contributed by atoms with Gasteiger partial charge in [-0.3, -0.25) is 19.1 Å². The maximum atomic E-state index is 13.5. The summed E-state index contributed by atoms with van der Waals surface area (Å²) in [4.78, 5) is 42.3. The fourth-order valence-electron chi connectivity index (χ4n) is 4.18. The summed E-state index contributed by atoms with van der Waals surface area (Å²) in [6.07, 6.45) is 3.10. The van der Waals surface area contributed by atoms with Crippen LogP contribution in [0.4, 0.5) is 11.5 Å². The lowest BCUT2D eigenvalue weighted by atomic mass is 10.0. The molecule has 0 unspecified atom stereocenters. The Morgan fingerprint density at radius 2 is 2.00 bits per heavy atom. The number of amides is 1. The highest BCUT2D eigenvalue weighted by molar-refractivity contribution is 6.09. The Balaban J connectivity index is 1.77. The zero-order valence-electron chi connectivity index (χ0n) is 19.3. The lowest BCUT2D eigenvalue weighted by molar-refractivity contribution is -0.118. The number of ether oxygens (including phenoxy) is 1. The Hall–Kier alpha value is -3.85. The number of nitrogens with one attached hydrogen (secondary N) is 1. The first-order valence-corrected chi connectivity index (χ1v) is 11.3. The van der Waals surface area contributed by atoms with Gasteiger partial charge in [0.1, 0.15) is 11.4 Å². The topological polar surface area (TPSA) is 124 Å². The summed E-state index contributed by atoms with van der Waals surface area (Å²) in [5.74, 6) is -0.389. The number of furan rings is 1. The Morgan fingerprint density at radius 3 is 2.76 bits per heavy atom. The minimum absolute atomic E-state index is 0.0162. The molecule has 0 spiro atoms. The molecule has 2 aromatic carbocycles. The van der Waals surface area contributed by atoms with Gasteiger partial charge < -0.3 is 19.8 Å². The molecule has 2 heterocycles. The molecular formula is C25H28N4O5. The summed E-state index contributed by atoms with van der Waals surface area (Å²) in [6.45, 7) is 2.62. The third kappa shape index (κ3) is 4.34. The second-order valence-corrected chi connectivity index (χ2v) is 8.13. The molecule has 4 rings (SSSR count). The lowest BCUT2D eigenvalue weighted by Crippen LogP contribution is -2.43. The summed E-state index contributed by atoms with van der Waals surface area (Å²) in [6, 6.07) is 11.7. The van der Waals surface area contributed by atoms with Gasteiger partial charge >= 0.3 is 5.69 Å². The van der Waals surface area contributed by atoms with Crippen LogP contribution in [0.25, 0.3) is 21.7 Å². The second kappa shape index (κ2) is 9.96. The van der Waals surface area contributed by atoms with Crippen LogP contribution in [-0.2, 0) is 22.5 Å². The molecule has 0 radical (unpaired) electrons. The number of anilines is 2. The molecule has 9 nitrogen and oxygen atoms in total. The smallest absolute Gasteiger partial charge is 0.330 e. The van der Waals surface area contributed by atoms with E-state index in [0.29, 0.717) is 24.1 Å². The normalized spacial score (nSPS) is 11.4. The summed E-state index contributed by atoms with van der Waals surface area (Å²) in [7, 11) is 1.51. The lowest BCUT2D eigenvalue weighted by Gasteiger charge is -2.24. The number of H-pyrrole nitrogens is 1. The Bertz CT molecular complexity index is 1450. The van der Waals surface area contributed by atoms with Gasteiger partial charge in [0, 0.05) is 31.1 Å². The van der Waals surface area contributed by atoms with Gasteiger partial charge in [0.25, 0.3) is 5.56 Å². The van der Waals surface area contributed by atoms with Crippen molar-refractivity contribution >= 4 is 39.2 Å². The standard InChI is InChI=1S/C25H28N4O5/c1-3-4-11-29-23(26)22(24(31)27-25(29)32)28(12-13-33-2)20(30)14-17-15-34-19-10-9-16-7-5-6-8-18(16)21(17)19/h5-10,15H,3-4,11-14,26H2,1-2H3,(H,27,31,32). The SMILES string of the molecule is CCCCn1c(N)c(N(CCOC)C(=O)Cc2coc3ccc4ccccc4c23)c(=O)[nH]c1=O. The Morgan fingerprint density at radius 1 is 1.21 bits per heavy atom. The number of aromatic amines is 1. The van der Waals surface area contributed by atoms with Crippen LogP contribution < -0.4 is 21.9 Å². The first-order chi connectivity index (χ1) is 16.5. The molecule has 178 valence electrons. The average molecular weight is 465 g/mol. The number of nitrogens with two attached hydrogens (primary N) is 1. The summed E-state index contributed by atoms with van der Waals surface area (Å²) < 4.78 is 12.2. The predicted molar refractivity (Wildman–Crippen MR) is 132 cm³/mol. The molecule has 2 aromatic heterocycles. The van der Waals surface area contributed by atoms with Gasteiger partial charge in [0.05, 0.1) is 19.3 Å². The fraction of sp³-hybridized carbons (Fsp3) is 0.320. The van der Waals surface area contributed by atoms with Crippen molar-refractivity contribution in [3.8, 4) is 0 Å². The van der Waals surface area contributed by atoms with Crippen molar-refractivity contribution in [3.05, 3.63) is 69.1 Å². The van der Waals surface area contributed by atoms with Crippen molar-refractivity contribution in [1.29, 1.82) is 0 Å². The van der Waals surface area contributed by atoms with E-state index in [9.17, 15) is 14.4 Å². The molecule has 0 fully saturated rings. The van der Waals surface area contributed by atoms with Gasteiger partial charge in [0.2, 0.25) is 5.91 Å². The molecule has 34 heavy (non-hydrogen) atoms. The number of benzene rings is 2. The molecule has 9 heteroatoms. The van der Waals surface area contributed by atoms with Crippen molar-refractivity contribution in [2.45, 2.75) is 32.7 Å². The second-order valence-electron chi connectivity index (χ2n) is 8.13. The van der Waals surface area contributed by atoms with Crippen molar-refractivity contribution in [3.63, 3.8) is 0 Å². The van der Waals surface area contributed by atoms with Gasteiger partial charge in [-0.15, -0.1) is 0 Å². The number of nitrogen functional groups attached to an aromatic ring is 1. The summed E-state index contributed by atoms with van der Waals surface area (Å²) >= 11 is 0. The predicted octanol–water partition coefficient (Wildman–Crippen LogP) is 3.04. The van der Waals surface area contributed by atoms with E-state index in [2.05, 4.69) is 4.98 Å². The third-order valence-corrected chi connectivity index (χ3v) is 5.92. The van der Waals surface area contributed by atoms with Gasteiger partial charge in [-0.25, -0.2) is 4.79 Å². The van der Waals surface area contributed by atoms with Crippen LogP contribution in [0.15, 0.2) is 56.7 Å². The Kier molecular flexibility index (Phi) is 6.83. The third-order valence-electron chi connectivity index (χ3n) is 5.92. The molecule has 3 N–H and O–H groups in total. The molecule has 4 aromatic rings. The number of carbonyl (C=O) groups is 1. The summed E-state index contributed by atoms with van der Waals surface area (Å²) in [5.41, 5.74) is 6.30. The van der Waals surface area contributed by atoms with Gasteiger partial charge in [0.15, 0.2) is 5.69 Å². The number of methoxy groups -OCH3 is 1. The van der Waals surface area contributed by atoms with E-state index in [1.54, 1.807) is 6.26 Å². The highest BCUT2D eigenvalue weighted by atomic mass is 16.5. The Labute approximate surface area is 195 Å². The van der Waals surface area contributed by atoms with Crippen molar-refractivity contribution < 1.29 is 13.9 Å². The highest BCUT2D eigenvalue weighted by Crippen LogP contribution is 2.30. The van der Waals surface area contributed by atoms with Crippen LogP contribution in [0.5, 0.6) is 0 Å². The molecule has 0 saturated carbocycles. The number of unbranched alkanes of at least 4 members (excludes halogenated alkanes) is 1. The van der Waals surface area contributed by atoms with E-state index in [1.807, 2.05) is 43.3 Å². The molecular weight excluding hydrogens is 436 g/mol. The average Bonchev–Trinajstić information content (AvgIpc) is 3.24. The number of aromatic nitrogens is 2. The van der Waals surface area contributed by atoms with Crippen molar-refractivity contribution in [2.75, 3.05) is 30.9 Å². The molecule has 0 bridgehead atoms. The zero-order chi connectivity index (χ0) is 24.2. The number of nitrogens with zero attached hydrogens (tertiary/aromatic N) is 2. The molecule has 0 aliphatic heterocycles. The van der Waals surface area contributed by atoms with Crippen LogP contribution in [0.3, 0.4) is 0 Å². The molecule has 0 aliphatic carbocycles. The largest absolute Gasteiger partial charge is 0.464 e.